The smallest absolute Gasteiger partial charge is 0.140 e. The Hall–Kier alpha value is -1.45. The number of pyridine rings is 1. The second kappa shape index (κ2) is 5.25. The fourth-order valence-electron chi connectivity index (χ4n) is 1.30. The van der Waals surface area contributed by atoms with E-state index in [0.717, 1.165) is 5.56 Å². The molecule has 0 bridgehead atoms. The van der Waals surface area contributed by atoms with Crippen LogP contribution in [-0.2, 0) is 6.61 Å². The number of hydrogen-bond donors (Lipinski definition) is 1. The fraction of sp³-hybridized carbons (Fsp3) is 0.0833. The minimum Gasteiger partial charge on any atom is -0.487 e. The lowest BCUT2D eigenvalue weighted by Crippen LogP contribution is -1.97. The van der Waals surface area contributed by atoms with Crippen LogP contribution in [0.4, 0.5) is 5.69 Å². The first-order valence-electron chi connectivity index (χ1n) is 4.93. The molecule has 0 aliphatic heterocycles. The number of anilines is 1. The summed E-state index contributed by atoms with van der Waals surface area (Å²) in [6, 6.07) is 7.10. The molecule has 0 spiro atoms. The molecule has 3 nitrogen and oxygen atoms in total. The number of aromatic nitrogens is 1. The maximum atomic E-state index is 6.02. The Bertz CT molecular complexity index is 517. The molecule has 1 aromatic carbocycles. The van der Waals surface area contributed by atoms with Crippen LogP contribution in [-0.4, -0.2) is 4.98 Å². The molecule has 17 heavy (non-hydrogen) atoms. The molecule has 0 aliphatic carbocycles. The summed E-state index contributed by atoms with van der Waals surface area (Å²) in [4.78, 5) is 3.92. The molecule has 0 fully saturated rings. The van der Waals surface area contributed by atoms with E-state index in [2.05, 4.69) is 4.98 Å². The van der Waals surface area contributed by atoms with E-state index in [1.165, 1.54) is 0 Å². The van der Waals surface area contributed by atoms with Gasteiger partial charge < -0.3 is 10.5 Å². The van der Waals surface area contributed by atoms with Crippen molar-refractivity contribution in [3.05, 3.63) is 52.3 Å². The number of halogens is 2. The summed E-state index contributed by atoms with van der Waals surface area (Å²) in [7, 11) is 0. The van der Waals surface area contributed by atoms with Crippen molar-refractivity contribution < 1.29 is 4.74 Å². The molecule has 1 heterocycles. The Morgan fingerprint density at radius 1 is 1.06 bits per heavy atom. The SMILES string of the molecule is Nc1ccc(OCc2ccncc2)c(Cl)c1Cl. The van der Waals surface area contributed by atoms with Crippen molar-refractivity contribution in [2.24, 2.45) is 0 Å². The normalized spacial score (nSPS) is 10.2. The lowest BCUT2D eigenvalue weighted by molar-refractivity contribution is 0.306. The highest BCUT2D eigenvalue weighted by molar-refractivity contribution is 6.44. The molecule has 2 N–H and O–H groups in total. The molecule has 0 radical (unpaired) electrons. The second-order valence-electron chi connectivity index (χ2n) is 3.43. The van der Waals surface area contributed by atoms with Crippen LogP contribution in [0.25, 0.3) is 0 Å². The summed E-state index contributed by atoms with van der Waals surface area (Å²) >= 11 is 11.9. The first kappa shape index (κ1) is 12.0. The average Bonchev–Trinajstić information content (AvgIpc) is 2.36. The van der Waals surface area contributed by atoms with E-state index >= 15 is 0 Å². The summed E-state index contributed by atoms with van der Waals surface area (Å²) in [5.41, 5.74) is 7.06. The number of rotatable bonds is 3. The number of hydrogen-bond acceptors (Lipinski definition) is 3. The molecule has 0 aliphatic rings. The number of nitrogens with zero attached hydrogens (tertiary/aromatic N) is 1. The Morgan fingerprint density at radius 2 is 1.76 bits per heavy atom. The third-order valence-electron chi connectivity index (χ3n) is 2.22. The third kappa shape index (κ3) is 2.81. The van der Waals surface area contributed by atoms with Crippen LogP contribution in [0, 0.1) is 0 Å². The molecule has 1 aromatic heterocycles. The molecule has 0 amide bonds. The van der Waals surface area contributed by atoms with Crippen LogP contribution in [0.3, 0.4) is 0 Å². The predicted octanol–water partition coefficient (Wildman–Crippen LogP) is 3.55. The van der Waals surface area contributed by atoms with Crippen LogP contribution in [0.5, 0.6) is 5.75 Å². The first-order valence-corrected chi connectivity index (χ1v) is 5.69. The zero-order chi connectivity index (χ0) is 12.3. The van der Waals surface area contributed by atoms with E-state index in [1.54, 1.807) is 24.5 Å². The van der Waals surface area contributed by atoms with Gasteiger partial charge in [0.05, 0.1) is 10.7 Å². The number of nitrogen functional groups attached to an aromatic ring is 1. The monoisotopic (exact) mass is 268 g/mol. The van der Waals surface area contributed by atoms with E-state index in [9.17, 15) is 0 Å². The highest BCUT2D eigenvalue weighted by Crippen LogP contribution is 2.36. The molecule has 0 saturated carbocycles. The third-order valence-corrected chi connectivity index (χ3v) is 3.10. The summed E-state index contributed by atoms with van der Waals surface area (Å²) in [5.74, 6) is 0.516. The van der Waals surface area contributed by atoms with Crippen LogP contribution in [0.1, 0.15) is 5.56 Å². The van der Waals surface area contributed by atoms with E-state index in [0.29, 0.717) is 28.1 Å². The van der Waals surface area contributed by atoms with Crippen molar-refractivity contribution in [2.45, 2.75) is 6.61 Å². The van der Waals surface area contributed by atoms with E-state index in [1.807, 2.05) is 12.1 Å². The number of nitrogens with two attached hydrogens (primary N) is 1. The van der Waals surface area contributed by atoms with Gasteiger partial charge in [-0.15, -0.1) is 0 Å². The van der Waals surface area contributed by atoms with Gasteiger partial charge in [0.2, 0.25) is 0 Å². The van der Waals surface area contributed by atoms with Crippen LogP contribution >= 0.6 is 23.2 Å². The molecule has 0 atom stereocenters. The largest absolute Gasteiger partial charge is 0.487 e. The summed E-state index contributed by atoms with van der Waals surface area (Å²) in [5, 5.41) is 0.652. The lowest BCUT2D eigenvalue weighted by atomic mass is 10.3. The van der Waals surface area contributed by atoms with Crippen molar-refractivity contribution in [2.75, 3.05) is 5.73 Å². The zero-order valence-electron chi connectivity index (χ0n) is 8.86. The van der Waals surface area contributed by atoms with Crippen LogP contribution in [0.15, 0.2) is 36.7 Å². The van der Waals surface area contributed by atoms with Crippen molar-refractivity contribution in [3.8, 4) is 5.75 Å². The summed E-state index contributed by atoms with van der Waals surface area (Å²) < 4.78 is 5.56. The maximum Gasteiger partial charge on any atom is 0.140 e. The molecule has 88 valence electrons. The van der Waals surface area contributed by atoms with Gasteiger partial charge in [0.15, 0.2) is 0 Å². The highest BCUT2D eigenvalue weighted by atomic mass is 35.5. The predicted molar refractivity (Wildman–Crippen MR) is 69.4 cm³/mol. The van der Waals surface area contributed by atoms with Gasteiger partial charge in [-0.2, -0.15) is 0 Å². The molecule has 2 aromatic rings. The summed E-state index contributed by atoms with van der Waals surface area (Å²) in [6.07, 6.45) is 3.41. The topological polar surface area (TPSA) is 48.1 Å². The van der Waals surface area contributed by atoms with Crippen molar-refractivity contribution >= 4 is 28.9 Å². The number of ether oxygens (including phenoxy) is 1. The van der Waals surface area contributed by atoms with Crippen molar-refractivity contribution in [1.82, 2.24) is 4.98 Å². The van der Waals surface area contributed by atoms with Gasteiger partial charge in [-0.05, 0) is 29.8 Å². The van der Waals surface area contributed by atoms with Crippen molar-refractivity contribution in [1.29, 1.82) is 0 Å². The van der Waals surface area contributed by atoms with E-state index < -0.39 is 0 Å². The van der Waals surface area contributed by atoms with Gasteiger partial charge in [-0.1, -0.05) is 23.2 Å². The Kier molecular flexibility index (Phi) is 3.71. The Labute approximate surface area is 109 Å². The van der Waals surface area contributed by atoms with Gasteiger partial charge >= 0.3 is 0 Å². The Morgan fingerprint density at radius 3 is 2.47 bits per heavy atom. The van der Waals surface area contributed by atoms with Gasteiger partial charge in [-0.3, -0.25) is 4.98 Å². The average molecular weight is 269 g/mol. The van der Waals surface area contributed by atoms with Gasteiger partial charge in [0, 0.05) is 12.4 Å². The van der Waals surface area contributed by atoms with E-state index in [-0.39, 0.29) is 0 Å². The molecular weight excluding hydrogens is 259 g/mol. The first-order chi connectivity index (χ1) is 8.18. The molecule has 0 saturated heterocycles. The maximum absolute atomic E-state index is 6.02. The van der Waals surface area contributed by atoms with Gasteiger partial charge in [-0.25, -0.2) is 0 Å². The second-order valence-corrected chi connectivity index (χ2v) is 4.18. The fourth-order valence-corrected chi connectivity index (χ4v) is 1.68. The summed E-state index contributed by atoms with van der Waals surface area (Å²) in [6.45, 7) is 0.405. The van der Waals surface area contributed by atoms with Gasteiger partial charge in [0.1, 0.15) is 17.4 Å². The number of benzene rings is 1. The Balaban J connectivity index is 2.13. The standard InChI is InChI=1S/C12H10Cl2N2O/c13-11-9(15)1-2-10(12(11)14)17-7-8-3-5-16-6-4-8/h1-6H,7,15H2. The zero-order valence-corrected chi connectivity index (χ0v) is 10.4. The molecule has 2 rings (SSSR count). The molecule has 5 heteroatoms. The minimum atomic E-state index is 0.318. The molecular formula is C12H10Cl2N2O. The quantitative estimate of drug-likeness (QED) is 0.867. The van der Waals surface area contributed by atoms with E-state index in [4.69, 9.17) is 33.7 Å². The van der Waals surface area contributed by atoms with Gasteiger partial charge in [0.25, 0.3) is 0 Å². The minimum absolute atomic E-state index is 0.318. The van der Waals surface area contributed by atoms with Crippen molar-refractivity contribution in [3.63, 3.8) is 0 Å². The van der Waals surface area contributed by atoms with Crippen LogP contribution < -0.4 is 10.5 Å². The van der Waals surface area contributed by atoms with Crippen LogP contribution in [0.2, 0.25) is 10.0 Å². The molecule has 0 unspecified atom stereocenters. The lowest BCUT2D eigenvalue weighted by Gasteiger charge is -2.10. The highest BCUT2D eigenvalue weighted by Gasteiger charge is 2.09.